The van der Waals surface area contributed by atoms with Gasteiger partial charge in [0.1, 0.15) is 6.10 Å². The van der Waals surface area contributed by atoms with Gasteiger partial charge in [-0.25, -0.2) is 4.68 Å². The van der Waals surface area contributed by atoms with Gasteiger partial charge in [0.2, 0.25) is 0 Å². The molecule has 0 saturated heterocycles. The third-order valence-corrected chi connectivity index (χ3v) is 6.96. The molecule has 0 spiro atoms. The van der Waals surface area contributed by atoms with Crippen molar-refractivity contribution >= 4 is 23.3 Å². The molecule has 0 radical (unpaired) electrons. The van der Waals surface area contributed by atoms with E-state index in [-0.39, 0.29) is 29.9 Å². The Morgan fingerprint density at radius 2 is 1.97 bits per heavy atom. The fourth-order valence-corrected chi connectivity index (χ4v) is 5.31. The smallest absolute Gasteiger partial charge is 0.320 e. The van der Waals surface area contributed by atoms with E-state index in [0.29, 0.717) is 24.1 Å². The minimum Gasteiger partial charge on any atom is -0.459 e. The van der Waals surface area contributed by atoms with E-state index in [2.05, 4.69) is 19.2 Å². The molecule has 1 aromatic heterocycles. The lowest BCUT2D eigenvalue weighted by Gasteiger charge is -2.33. The molecular weight excluding hydrogens is 446 g/mol. The normalized spacial score (nSPS) is 21.3. The van der Waals surface area contributed by atoms with Crippen LogP contribution >= 0.6 is 0 Å². The predicted octanol–water partition coefficient (Wildman–Crippen LogP) is 2.91. The Labute approximate surface area is 205 Å². The van der Waals surface area contributed by atoms with Crippen molar-refractivity contribution in [2.45, 2.75) is 77.9 Å². The summed E-state index contributed by atoms with van der Waals surface area (Å²) in [5, 5.41) is 8.21. The first-order valence-electron chi connectivity index (χ1n) is 12.4. The third-order valence-electron chi connectivity index (χ3n) is 6.96. The number of aryl methyl sites for hydroxylation is 1. The second-order valence-electron chi connectivity index (χ2n) is 10.3. The highest BCUT2D eigenvalue weighted by Gasteiger charge is 2.36. The van der Waals surface area contributed by atoms with Gasteiger partial charge in [-0.15, -0.1) is 0 Å². The number of rotatable bonds is 7. The highest BCUT2D eigenvalue weighted by Crippen LogP contribution is 2.38. The second-order valence-corrected chi connectivity index (χ2v) is 10.3. The summed E-state index contributed by atoms with van der Waals surface area (Å²) in [6, 6.07) is 5.15. The molecule has 35 heavy (non-hydrogen) atoms. The van der Waals surface area contributed by atoms with Gasteiger partial charge in [0.05, 0.1) is 40.8 Å². The number of aromatic nitrogens is 2. The first kappa shape index (κ1) is 24.9. The molecular formula is C26H35N5O4. The Morgan fingerprint density at radius 3 is 2.66 bits per heavy atom. The van der Waals surface area contributed by atoms with Crippen LogP contribution in [0.2, 0.25) is 0 Å². The van der Waals surface area contributed by atoms with Crippen LogP contribution in [0.4, 0.5) is 5.69 Å². The Bertz CT molecular complexity index is 1150. The Kier molecular flexibility index (Phi) is 6.98. The minimum atomic E-state index is -0.557. The third kappa shape index (κ3) is 5.10. The van der Waals surface area contributed by atoms with E-state index in [1.165, 1.54) is 0 Å². The van der Waals surface area contributed by atoms with Crippen LogP contribution in [0.5, 0.6) is 0 Å². The zero-order valence-corrected chi connectivity index (χ0v) is 20.7. The summed E-state index contributed by atoms with van der Waals surface area (Å²) >= 11 is 0. The molecule has 188 valence electrons. The number of benzene rings is 1. The molecule has 2 aromatic rings. The van der Waals surface area contributed by atoms with Crippen molar-refractivity contribution in [3.63, 3.8) is 0 Å². The number of primary amides is 1. The van der Waals surface area contributed by atoms with Gasteiger partial charge < -0.3 is 21.5 Å². The van der Waals surface area contributed by atoms with Crippen LogP contribution in [0.15, 0.2) is 18.2 Å². The molecule has 2 aliphatic rings. The summed E-state index contributed by atoms with van der Waals surface area (Å²) in [7, 11) is 0. The molecule has 0 bridgehead atoms. The fraction of sp³-hybridized carbons (Fsp3) is 0.538. The van der Waals surface area contributed by atoms with E-state index in [9.17, 15) is 14.4 Å². The first-order chi connectivity index (χ1) is 16.6. The second kappa shape index (κ2) is 9.81. The first-order valence-corrected chi connectivity index (χ1v) is 12.4. The number of hydrogen-bond acceptors (Lipinski definition) is 7. The summed E-state index contributed by atoms with van der Waals surface area (Å²) in [6.45, 7) is 6.00. The van der Waals surface area contributed by atoms with Crippen molar-refractivity contribution in [2.75, 3.05) is 11.9 Å². The number of carbonyl (C=O) groups is 3. The topological polar surface area (TPSA) is 142 Å². The number of amides is 1. The molecule has 1 aromatic carbocycles. The molecule has 2 aliphatic carbocycles. The number of nitrogens with two attached hydrogens (primary N) is 2. The van der Waals surface area contributed by atoms with E-state index in [4.69, 9.17) is 21.3 Å². The Balaban J connectivity index is 1.74. The van der Waals surface area contributed by atoms with Crippen molar-refractivity contribution in [1.82, 2.24) is 9.78 Å². The molecule has 2 atom stereocenters. The number of nitrogens with zero attached hydrogens (tertiary/aromatic N) is 2. The lowest BCUT2D eigenvalue weighted by atomic mass is 9.75. The molecule has 9 heteroatoms. The number of hydrogen-bond donors (Lipinski definition) is 3. The van der Waals surface area contributed by atoms with Crippen molar-refractivity contribution in [2.24, 2.45) is 16.9 Å². The SMILES string of the molecule is CCc1nn(-c2ccc(C(N)=O)c(N[C@H]3CCCC[C@@H]3OC(=O)CN)c2)c2c1C(=O)CC(C)(C)C2. The Hall–Kier alpha value is -3.20. The summed E-state index contributed by atoms with van der Waals surface area (Å²) in [5.41, 5.74) is 15.0. The average molecular weight is 482 g/mol. The van der Waals surface area contributed by atoms with E-state index >= 15 is 0 Å². The van der Waals surface area contributed by atoms with Crippen LogP contribution < -0.4 is 16.8 Å². The summed E-state index contributed by atoms with van der Waals surface area (Å²) in [4.78, 5) is 37.1. The molecule has 4 rings (SSSR count). The van der Waals surface area contributed by atoms with Crippen LogP contribution in [0.3, 0.4) is 0 Å². The molecule has 0 aliphatic heterocycles. The van der Waals surface area contributed by atoms with Crippen LogP contribution in [0, 0.1) is 5.41 Å². The molecule has 9 nitrogen and oxygen atoms in total. The molecule has 1 amide bonds. The van der Waals surface area contributed by atoms with Crippen molar-refractivity contribution < 1.29 is 19.1 Å². The largest absolute Gasteiger partial charge is 0.459 e. The van der Waals surface area contributed by atoms with Crippen molar-refractivity contribution in [1.29, 1.82) is 0 Å². The number of ether oxygens (including phenoxy) is 1. The van der Waals surface area contributed by atoms with E-state index in [1.807, 2.05) is 17.7 Å². The fourth-order valence-electron chi connectivity index (χ4n) is 5.31. The number of fused-ring (bicyclic) bond motifs is 1. The van der Waals surface area contributed by atoms with Gasteiger partial charge >= 0.3 is 5.97 Å². The zero-order chi connectivity index (χ0) is 25.3. The number of esters is 1. The predicted molar refractivity (Wildman–Crippen MR) is 133 cm³/mol. The lowest BCUT2D eigenvalue weighted by Crippen LogP contribution is -2.41. The van der Waals surface area contributed by atoms with Gasteiger partial charge in [-0.1, -0.05) is 27.2 Å². The van der Waals surface area contributed by atoms with E-state index < -0.39 is 11.9 Å². The Morgan fingerprint density at radius 1 is 1.23 bits per heavy atom. The number of carbonyl (C=O) groups excluding carboxylic acids is 3. The molecule has 1 heterocycles. The number of Topliss-reactive ketones (excluding diaryl/α,β-unsaturated/α-hetero) is 1. The maximum Gasteiger partial charge on any atom is 0.320 e. The van der Waals surface area contributed by atoms with Crippen LogP contribution in [0.1, 0.15) is 85.0 Å². The number of nitrogens with one attached hydrogen (secondary N) is 1. The quantitative estimate of drug-likeness (QED) is 0.516. The van der Waals surface area contributed by atoms with Gasteiger partial charge in [-0.3, -0.25) is 14.4 Å². The number of anilines is 1. The van der Waals surface area contributed by atoms with Gasteiger partial charge in [0.15, 0.2) is 5.78 Å². The molecule has 5 N–H and O–H groups in total. The van der Waals surface area contributed by atoms with E-state index in [1.54, 1.807) is 12.1 Å². The summed E-state index contributed by atoms with van der Waals surface area (Å²) < 4.78 is 7.40. The lowest BCUT2D eigenvalue weighted by molar-refractivity contribution is -0.149. The zero-order valence-electron chi connectivity index (χ0n) is 20.7. The minimum absolute atomic E-state index is 0.123. The van der Waals surface area contributed by atoms with Gasteiger partial charge in [-0.05, 0) is 55.7 Å². The van der Waals surface area contributed by atoms with Gasteiger partial charge in [-0.2, -0.15) is 5.10 Å². The highest BCUT2D eigenvalue weighted by atomic mass is 16.5. The van der Waals surface area contributed by atoms with Crippen LogP contribution in [-0.2, 0) is 22.4 Å². The monoisotopic (exact) mass is 481 g/mol. The number of ketones is 1. The summed E-state index contributed by atoms with van der Waals surface area (Å²) in [5.74, 6) is -0.883. The van der Waals surface area contributed by atoms with E-state index in [0.717, 1.165) is 54.7 Å². The van der Waals surface area contributed by atoms with Gasteiger partial charge in [0.25, 0.3) is 5.91 Å². The maximum absolute atomic E-state index is 13.0. The van der Waals surface area contributed by atoms with Crippen LogP contribution in [-0.4, -0.2) is 46.1 Å². The van der Waals surface area contributed by atoms with Crippen molar-refractivity contribution in [3.05, 3.63) is 40.7 Å². The maximum atomic E-state index is 13.0. The standard InChI is InChI=1S/C26H35N5O4/c1-4-17-24-20(12-26(2,3)13-21(24)32)31(30-17)15-9-10-16(25(28)34)19(11-15)29-18-7-5-6-8-22(18)35-23(33)14-27/h9-11,18,22,29H,4-8,12-14,27H2,1-3H3,(H2,28,34)/t18-,22-/m0/s1. The van der Waals surface area contributed by atoms with Crippen LogP contribution in [0.25, 0.3) is 5.69 Å². The van der Waals surface area contributed by atoms with Crippen molar-refractivity contribution in [3.8, 4) is 5.69 Å². The molecule has 0 unspecified atom stereocenters. The highest BCUT2D eigenvalue weighted by molar-refractivity contribution is 6.00. The van der Waals surface area contributed by atoms with Gasteiger partial charge in [0, 0.05) is 12.1 Å². The summed E-state index contributed by atoms with van der Waals surface area (Å²) in [6.07, 6.45) is 4.96. The molecule has 1 saturated carbocycles. The molecule has 1 fully saturated rings. The average Bonchev–Trinajstić information content (AvgIpc) is 3.17.